The Morgan fingerprint density at radius 2 is 1.95 bits per heavy atom. The van der Waals surface area contributed by atoms with Crippen molar-refractivity contribution in [3.63, 3.8) is 0 Å². The van der Waals surface area contributed by atoms with Crippen LogP contribution >= 0.6 is 0 Å². The fraction of sp³-hybridized carbons (Fsp3) is 0.429. The number of halogens is 1. The van der Waals surface area contributed by atoms with Crippen molar-refractivity contribution in [1.82, 2.24) is 45.1 Å². The van der Waals surface area contributed by atoms with Crippen LogP contribution < -0.4 is 10.6 Å². The fourth-order valence-corrected chi connectivity index (χ4v) is 5.04. The number of hydrogen-bond donors (Lipinski definition) is 3. The standard InChI is InChI=1S/C28H35FN10O/c1-17-11-24(34-25-12-18(2)36-37-25)35-28(32-17)20-5-8-23(9-6-20)33-27(40)16-38(4)19(3)21-7-10-26(30-13-21)39-15-22(29)14-31-39/h7,10-15,19-20,23H,5-6,8-9,16H2,1-4H3,(H,33,40)(H2,32,34,35,36,37). The van der Waals surface area contributed by atoms with Crippen LogP contribution in [0.15, 0.2) is 42.9 Å². The molecule has 0 saturated heterocycles. The third-order valence-corrected chi connectivity index (χ3v) is 7.38. The molecular formula is C28H35FN10O. The van der Waals surface area contributed by atoms with E-state index >= 15 is 0 Å². The second kappa shape index (κ2) is 11.9. The van der Waals surface area contributed by atoms with Crippen LogP contribution in [-0.4, -0.2) is 65.4 Å². The number of amides is 1. The molecule has 210 valence electrons. The van der Waals surface area contributed by atoms with Crippen LogP contribution in [0.4, 0.5) is 16.0 Å². The number of aryl methyl sites for hydroxylation is 2. The van der Waals surface area contributed by atoms with Gasteiger partial charge in [0.1, 0.15) is 11.6 Å². The molecular weight excluding hydrogens is 511 g/mol. The molecule has 0 radical (unpaired) electrons. The Kier molecular flexibility index (Phi) is 8.15. The van der Waals surface area contributed by atoms with E-state index in [1.807, 2.05) is 50.9 Å². The van der Waals surface area contributed by atoms with E-state index in [0.717, 1.165) is 66.3 Å². The molecule has 0 spiro atoms. The molecule has 1 amide bonds. The summed E-state index contributed by atoms with van der Waals surface area (Å²) in [4.78, 5) is 28.7. The van der Waals surface area contributed by atoms with Crippen LogP contribution in [0.25, 0.3) is 5.82 Å². The predicted molar refractivity (Wildman–Crippen MR) is 149 cm³/mol. The Morgan fingerprint density at radius 1 is 1.15 bits per heavy atom. The summed E-state index contributed by atoms with van der Waals surface area (Å²) < 4.78 is 14.6. The molecule has 40 heavy (non-hydrogen) atoms. The maximum Gasteiger partial charge on any atom is 0.234 e. The average Bonchev–Trinajstić information content (AvgIpc) is 3.55. The normalized spacial score (nSPS) is 18.1. The van der Waals surface area contributed by atoms with E-state index in [1.54, 1.807) is 12.3 Å². The van der Waals surface area contributed by atoms with Crippen molar-refractivity contribution in [3.05, 3.63) is 71.4 Å². The van der Waals surface area contributed by atoms with E-state index in [4.69, 9.17) is 9.97 Å². The van der Waals surface area contributed by atoms with Gasteiger partial charge in [-0.05, 0) is 65.1 Å². The van der Waals surface area contributed by atoms with Crippen molar-refractivity contribution in [2.75, 3.05) is 18.9 Å². The SMILES string of the molecule is Cc1cc(Nc2cc(C)[nH]n2)nc(C2CCC(NC(=O)CN(C)C(C)c3ccc(-n4cc(F)cn4)nc3)CC2)n1. The monoisotopic (exact) mass is 546 g/mol. The van der Waals surface area contributed by atoms with Gasteiger partial charge in [0.25, 0.3) is 0 Å². The molecule has 1 unspecified atom stereocenters. The zero-order chi connectivity index (χ0) is 28.2. The minimum absolute atomic E-state index is 0.00184. The number of aromatic nitrogens is 7. The Morgan fingerprint density at radius 3 is 2.60 bits per heavy atom. The Hall–Kier alpha value is -4.19. The quantitative estimate of drug-likeness (QED) is 0.286. The van der Waals surface area contributed by atoms with Crippen molar-refractivity contribution in [2.24, 2.45) is 0 Å². The zero-order valence-electron chi connectivity index (χ0n) is 23.2. The smallest absolute Gasteiger partial charge is 0.234 e. The van der Waals surface area contributed by atoms with Gasteiger partial charge in [0.2, 0.25) is 5.91 Å². The molecule has 4 heterocycles. The summed E-state index contributed by atoms with van der Waals surface area (Å²) in [5, 5.41) is 17.6. The highest BCUT2D eigenvalue weighted by Crippen LogP contribution is 2.32. The maximum atomic E-state index is 13.2. The van der Waals surface area contributed by atoms with Gasteiger partial charge in [-0.3, -0.25) is 14.8 Å². The molecule has 1 aliphatic rings. The first-order valence-corrected chi connectivity index (χ1v) is 13.5. The van der Waals surface area contributed by atoms with Gasteiger partial charge in [0, 0.05) is 47.7 Å². The van der Waals surface area contributed by atoms with Crippen molar-refractivity contribution < 1.29 is 9.18 Å². The van der Waals surface area contributed by atoms with Crippen LogP contribution in [0.5, 0.6) is 0 Å². The van der Waals surface area contributed by atoms with Crippen molar-refractivity contribution in [1.29, 1.82) is 0 Å². The highest BCUT2D eigenvalue weighted by atomic mass is 19.1. The van der Waals surface area contributed by atoms with Gasteiger partial charge >= 0.3 is 0 Å². The van der Waals surface area contributed by atoms with Gasteiger partial charge in [0.05, 0.1) is 18.9 Å². The molecule has 4 aromatic heterocycles. The molecule has 1 saturated carbocycles. The molecule has 1 fully saturated rings. The lowest BCUT2D eigenvalue weighted by Crippen LogP contribution is -2.43. The van der Waals surface area contributed by atoms with E-state index in [-0.39, 0.29) is 30.5 Å². The maximum absolute atomic E-state index is 13.2. The van der Waals surface area contributed by atoms with Gasteiger partial charge in [-0.2, -0.15) is 10.2 Å². The first-order chi connectivity index (χ1) is 19.2. The number of nitrogens with one attached hydrogen (secondary N) is 3. The summed E-state index contributed by atoms with van der Waals surface area (Å²) in [7, 11) is 1.92. The number of carbonyl (C=O) groups excluding carboxylic acids is 1. The second-order valence-electron chi connectivity index (χ2n) is 10.6. The third kappa shape index (κ3) is 6.68. The number of anilines is 2. The van der Waals surface area contributed by atoms with Crippen LogP contribution in [0.3, 0.4) is 0 Å². The molecule has 5 rings (SSSR count). The molecule has 0 bridgehead atoms. The minimum atomic E-state index is -0.412. The zero-order valence-corrected chi connectivity index (χ0v) is 23.2. The minimum Gasteiger partial charge on any atom is -0.352 e. The van der Waals surface area contributed by atoms with Gasteiger partial charge in [0.15, 0.2) is 17.5 Å². The van der Waals surface area contributed by atoms with Crippen LogP contribution in [-0.2, 0) is 4.79 Å². The molecule has 3 N–H and O–H groups in total. The van der Waals surface area contributed by atoms with Gasteiger partial charge < -0.3 is 10.6 Å². The van der Waals surface area contributed by atoms with E-state index in [2.05, 4.69) is 30.9 Å². The van der Waals surface area contributed by atoms with Crippen molar-refractivity contribution >= 4 is 17.5 Å². The second-order valence-corrected chi connectivity index (χ2v) is 10.6. The number of nitrogens with zero attached hydrogens (tertiary/aromatic N) is 7. The van der Waals surface area contributed by atoms with Crippen LogP contribution in [0.2, 0.25) is 0 Å². The number of aromatic amines is 1. The highest BCUT2D eigenvalue weighted by Gasteiger charge is 2.26. The topological polar surface area (TPSA) is 130 Å². The molecule has 1 atom stereocenters. The Bertz CT molecular complexity index is 1440. The molecule has 4 aromatic rings. The summed E-state index contributed by atoms with van der Waals surface area (Å²) in [6.07, 6.45) is 7.76. The molecule has 12 heteroatoms. The largest absolute Gasteiger partial charge is 0.352 e. The summed E-state index contributed by atoms with van der Waals surface area (Å²) in [5.41, 5.74) is 2.85. The number of hydrogen-bond acceptors (Lipinski definition) is 8. The predicted octanol–water partition coefficient (Wildman–Crippen LogP) is 4.12. The lowest BCUT2D eigenvalue weighted by molar-refractivity contribution is -0.123. The average molecular weight is 547 g/mol. The molecule has 0 aromatic carbocycles. The Labute approximate surface area is 232 Å². The van der Waals surface area contributed by atoms with Gasteiger partial charge in [-0.1, -0.05) is 6.07 Å². The summed E-state index contributed by atoms with van der Waals surface area (Å²) in [6, 6.07) is 7.68. The number of pyridine rings is 1. The lowest BCUT2D eigenvalue weighted by atomic mass is 9.85. The molecule has 1 aliphatic carbocycles. The first kappa shape index (κ1) is 27.4. The fourth-order valence-electron chi connectivity index (χ4n) is 5.04. The third-order valence-electron chi connectivity index (χ3n) is 7.38. The van der Waals surface area contributed by atoms with Crippen molar-refractivity contribution in [2.45, 2.75) is 64.5 Å². The van der Waals surface area contributed by atoms with E-state index in [9.17, 15) is 9.18 Å². The van der Waals surface area contributed by atoms with Crippen LogP contribution in [0, 0.1) is 19.7 Å². The summed E-state index contributed by atoms with van der Waals surface area (Å²) >= 11 is 0. The van der Waals surface area contributed by atoms with Gasteiger partial charge in [-0.25, -0.2) is 24.0 Å². The lowest BCUT2D eigenvalue weighted by Gasteiger charge is -2.30. The van der Waals surface area contributed by atoms with E-state index < -0.39 is 5.82 Å². The summed E-state index contributed by atoms with van der Waals surface area (Å²) in [5.74, 6) is 2.68. The highest BCUT2D eigenvalue weighted by molar-refractivity contribution is 5.78. The molecule has 0 aliphatic heterocycles. The van der Waals surface area contributed by atoms with Crippen molar-refractivity contribution in [3.8, 4) is 5.82 Å². The number of likely N-dealkylation sites (N-methyl/N-ethyl adjacent to an activating group) is 1. The number of carbonyl (C=O) groups is 1. The van der Waals surface area contributed by atoms with Crippen LogP contribution in [0.1, 0.15) is 67.3 Å². The van der Waals surface area contributed by atoms with Gasteiger partial charge in [-0.15, -0.1) is 0 Å². The Balaban J connectivity index is 1.10. The molecule has 11 nitrogen and oxygen atoms in total. The number of H-pyrrole nitrogens is 1. The summed E-state index contributed by atoms with van der Waals surface area (Å²) in [6.45, 7) is 6.23. The first-order valence-electron chi connectivity index (χ1n) is 13.5. The van der Waals surface area contributed by atoms with E-state index in [0.29, 0.717) is 5.82 Å². The number of rotatable bonds is 9. The van der Waals surface area contributed by atoms with E-state index in [1.165, 1.54) is 10.9 Å².